The molecule has 6 heteroatoms. The van der Waals surface area contributed by atoms with E-state index in [9.17, 15) is 9.18 Å². The topological polar surface area (TPSA) is 87.6 Å². The molecule has 1 amide bonds. The lowest BCUT2D eigenvalue weighted by molar-refractivity contribution is 0.114. The maximum Gasteiger partial charge on any atom is 0.405 e. The van der Waals surface area contributed by atoms with Gasteiger partial charge >= 0.3 is 6.09 Å². The molecule has 5 nitrogen and oxygen atoms in total. The molecule has 0 aromatic heterocycles. The largest absolute Gasteiger partial charge is 0.493 e. The molecule has 0 aliphatic carbocycles. The van der Waals surface area contributed by atoms with Crippen molar-refractivity contribution in [2.24, 2.45) is 11.5 Å². The van der Waals surface area contributed by atoms with Crippen molar-refractivity contribution in [2.75, 3.05) is 13.2 Å². The van der Waals surface area contributed by atoms with Crippen LogP contribution in [-0.2, 0) is 4.74 Å². The van der Waals surface area contributed by atoms with E-state index in [1.54, 1.807) is 6.92 Å². The van der Waals surface area contributed by atoms with E-state index in [-0.39, 0.29) is 0 Å². The van der Waals surface area contributed by atoms with Crippen LogP contribution < -0.4 is 16.2 Å². The Hall–Kier alpha value is -1.82. The Labute approximate surface area is 105 Å². The third kappa shape index (κ3) is 4.21. The maximum absolute atomic E-state index is 13.2. The molecule has 0 saturated carbocycles. The van der Waals surface area contributed by atoms with Crippen LogP contribution >= 0.6 is 0 Å². The molecule has 0 aliphatic heterocycles. The fourth-order valence-corrected chi connectivity index (χ4v) is 1.47. The zero-order valence-electron chi connectivity index (χ0n) is 10.2. The van der Waals surface area contributed by atoms with Gasteiger partial charge in [0.05, 0.1) is 6.61 Å². The van der Waals surface area contributed by atoms with Gasteiger partial charge in [0.25, 0.3) is 0 Å². The number of hydrogen-bond donors (Lipinski definition) is 2. The van der Waals surface area contributed by atoms with Crippen molar-refractivity contribution in [1.29, 1.82) is 0 Å². The van der Waals surface area contributed by atoms with Gasteiger partial charge in [-0.3, -0.25) is 0 Å². The number of amides is 1. The van der Waals surface area contributed by atoms with Gasteiger partial charge in [-0.05, 0) is 38.1 Å². The van der Waals surface area contributed by atoms with Crippen LogP contribution in [0.5, 0.6) is 5.75 Å². The molecule has 0 saturated heterocycles. The summed E-state index contributed by atoms with van der Waals surface area (Å²) in [6, 6.07) is 4.02. The van der Waals surface area contributed by atoms with E-state index < -0.39 is 18.0 Å². The average Bonchev–Trinajstić information content (AvgIpc) is 2.30. The minimum Gasteiger partial charge on any atom is -0.493 e. The van der Waals surface area contributed by atoms with Gasteiger partial charge in [0.2, 0.25) is 0 Å². The van der Waals surface area contributed by atoms with Crippen LogP contribution in [0.2, 0.25) is 0 Å². The third-order valence-electron chi connectivity index (χ3n) is 2.31. The van der Waals surface area contributed by atoms with E-state index >= 15 is 0 Å². The van der Waals surface area contributed by atoms with Crippen LogP contribution in [0.1, 0.15) is 25.0 Å². The van der Waals surface area contributed by atoms with Crippen molar-refractivity contribution in [3.05, 3.63) is 29.6 Å². The molecular formula is C12H17FN2O3. The SMILES string of the molecule is CC(OC(N)=O)c1cc(F)ccc1OCCCN. The molecule has 1 rings (SSSR count). The van der Waals surface area contributed by atoms with Gasteiger partial charge in [0.15, 0.2) is 0 Å². The van der Waals surface area contributed by atoms with E-state index in [1.807, 2.05) is 0 Å². The highest BCUT2D eigenvalue weighted by Crippen LogP contribution is 2.28. The molecule has 1 unspecified atom stereocenters. The second-order valence-corrected chi connectivity index (χ2v) is 3.75. The van der Waals surface area contributed by atoms with Crippen molar-refractivity contribution in [1.82, 2.24) is 0 Å². The number of nitrogens with two attached hydrogens (primary N) is 2. The van der Waals surface area contributed by atoms with Gasteiger partial charge in [-0.25, -0.2) is 9.18 Å². The predicted octanol–water partition coefficient (Wildman–Crippen LogP) is 1.71. The van der Waals surface area contributed by atoms with Crippen molar-refractivity contribution < 1.29 is 18.7 Å². The summed E-state index contributed by atoms with van der Waals surface area (Å²) in [5.74, 6) is 0.0229. The Kier molecular flexibility index (Phi) is 5.38. The first-order valence-corrected chi connectivity index (χ1v) is 5.63. The molecule has 0 bridgehead atoms. The lowest BCUT2D eigenvalue weighted by atomic mass is 10.1. The summed E-state index contributed by atoms with van der Waals surface area (Å²) in [5.41, 5.74) is 10.7. The minimum absolute atomic E-state index is 0.415. The first-order chi connectivity index (χ1) is 8.54. The van der Waals surface area contributed by atoms with Gasteiger partial charge in [0, 0.05) is 5.56 Å². The number of carbonyl (C=O) groups is 1. The van der Waals surface area contributed by atoms with Crippen LogP contribution in [0.25, 0.3) is 0 Å². The molecule has 18 heavy (non-hydrogen) atoms. The van der Waals surface area contributed by atoms with Crippen molar-refractivity contribution in [2.45, 2.75) is 19.4 Å². The number of rotatable bonds is 6. The van der Waals surface area contributed by atoms with Crippen LogP contribution in [0, 0.1) is 5.82 Å². The predicted molar refractivity (Wildman–Crippen MR) is 64.6 cm³/mol. The van der Waals surface area contributed by atoms with Crippen LogP contribution in [0.15, 0.2) is 18.2 Å². The fraction of sp³-hybridized carbons (Fsp3) is 0.417. The molecule has 0 spiro atoms. The molecule has 1 aromatic rings. The number of carbonyl (C=O) groups excluding carboxylic acids is 1. The highest BCUT2D eigenvalue weighted by atomic mass is 19.1. The first-order valence-electron chi connectivity index (χ1n) is 5.63. The third-order valence-corrected chi connectivity index (χ3v) is 2.31. The molecular weight excluding hydrogens is 239 g/mol. The van der Waals surface area contributed by atoms with E-state index in [2.05, 4.69) is 0 Å². The van der Waals surface area contributed by atoms with Crippen LogP contribution in [-0.4, -0.2) is 19.2 Å². The normalized spacial score (nSPS) is 11.9. The maximum atomic E-state index is 13.2. The molecule has 1 atom stereocenters. The second kappa shape index (κ2) is 6.80. The number of benzene rings is 1. The summed E-state index contributed by atoms with van der Waals surface area (Å²) in [6.07, 6.45) is -0.909. The Morgan fingerprint density at radius 1 is 1.50 bits per heavy atom. The lowest BCUT2D eigenvalue weighted by Crippen LogP contribution is -2.16. The van der Waals surface area contributed by atoms with Crippen LogP contribution in [0.3, 0.4) is 0 Å². The number of halogens is 1. The molecule has 4 N–H and O–H groups in total. The van der Waals surface area contributed by atoms with Crippen molar-refractivity contribution >= 4 is 6.09 Å². The summed E-state index contributed by atoms with van der Waals surface area (Å²) in [6.45, 7) is 2.51. The molecule has 0 radical (unpaired) electrons. The molecule has 0 heterocycles. The Balaban J connectivity index is 2.85. The summed E-state index contributed by atoms with van der Waals surface area (Å²) in [5, 5.41) is 0. The van der Waals surface area contributed by atoms with Gasteiger partial charge in [-0.15, -0.1) is 0 Å². The monoisotopic (exact) mass is 256 g/mol. The quantitative estimate of drug-likeness (QED) is 0.758. The molecule has 0 aliphatic rings. The molecule has 100 valence electrons. The van der Waals surface area contributed by atoms with E-state index in [0.29, 0.717) is 30.9 Å². The summed E-state index contributed by atoms with van der Waals surface area (Å²) < 4.78 is 23.4. The van der Waals surface area contributed by atoms with Crippen LogP contribution in [0.4, 0.5) is 9.18 Å². The molecule has 0 fully saturated rings. The smallest absolute Gasteiger partial charge is 0.405 e. The van der Waals surface area contributed by atoms with E-state index in [4.69, 9.17) is 20.9 Å². The fourth-order valence-electron chi connectivity index (χ4n) is 1.47. The average molecular weight is 256 g/mol. The van der Waals surface area contributed by atoms with E-state index in [1.165, 1.54) is 18.2 Å². The van der Waals surface area contributed by atoms with Crippen molar-refractivity contribution in [3.8, 4) is 5.75 Å². The summed E-state index contributed by atoms with van der Waals surface area (Å²) >= 11 is 0. The Morgan fingerprint density at radius 3 is 2.83 bits per heavy atom. The summed E-state index contributed by atoms with van der Waals surface area (Å²) in [4.78, 5) is 10.7. The Bertz CT molecular complexity index is 412. The lowest BCUT2D eigenvalue weighted by Gasteiger charge is -2.16. The van der Waals surface area contributed by atoms with Gasteiger partial charge < -0.3 is 20.9 Å². The summed E-state index contributed by atoms with van der Waals surface area (Å²) in [7, 11) is 0. The zero-order chi connectivity index (χ0) is 13.5. The highest BCUT2D eigenvalue weighted by Gasteiger charge is 2.15. The highest BCUT2D eigenvalue weighted by molar-refractivity contribution is 5.65. The second-order valence-electron chi connectivity index (χ2n) is 3.75. The standard InChI is InChI=1S/C12H17FN2O3/c1-8(18-12(15)16)10-7-9(13)3-4-11(10)17-6-2-5-14/h3-4,7-8H,2,5-6,14H2,1H3,(H2,15,16). The number of primary amides is 1. The minimum atomic E-state index is -0.917. The number of hydrogen-bond acceptors (Lipinski definition) is 4. The van der Waals surface area contributed by atoms with Gasteiger partial charge in [0.1, 0.15) is 17.7 Å². The van der Waals surface area contributed by atoms with Crippen molar-refractivity contribution in [3.63, 3.8) is 0 Å². The van der Waals surface area contributed by atoms with Gasteiger partial charge in [-0.1, -0.05) is 0 Å². The Morgan fingerprint density at radius 2 is 2.22 bits per heavy atom. The van der Waals surface area contributed by atoms with E-state index in [0.717, 1.165) is 0 Å². The first kappa shape index (κ1) is 14.2. The van der Waals surface area contributed by atoms with Gasteiger partial charge in [-0.2, -0.15) is 0 Å². The molecule has 1 aromatic carbocycles. The number of ether oxygens (including phenoxy) is 2. The zero-order valence-corrected chi connectivity index (χ0v) is 10.2.